The van der Waals surface area contributed by atoms with Crippen molar-refractivity contribution >= 4 is 45.9 Å². The quantitative estimate of drug-likeness (QED) is 0.265. The summed E-state index contributed by atoms with van der Waals surface area (Å²) in [5, 5.41) is 23.4. The third kappa shape index (κ3) is 5.08. The molecule has 0 saturated heterocycles. The van der Waals surface area contributed by atoms with Gasteiger partial charge in [0.05, 0.1) is 18.0 Å². The first-order chi connectivity index (χ1) is 17.1. The molecule has 7 nitrogen and oxygen atoms in total. The highest BCUT2D eigenvalue weighted by molar-refractivity contribution is 7.14. The number of anilines is 1. The van der Waals surface area contributed by atoms with Crippen molar-refractivity contribution in [1.82, 2.24) is 10.4 Å². The van der Waals surface area contributed by atoms with Crippen molar-refractivity contribution in [2.24, 2.45) is 10.2 Å². The minimum absolute atomic E-state index is 0.0794. The summed E-state index contributed by atoms with van der Waals surface area (Å²) in [6.07, 6.45) is 2.07. The Morgan fingerprint density at radius 2 is 1.83 bits per heavy atom. The topological polar surface area (TPSA) is 90.2 Å². The molecule has 1 aliphatic heterocycles. The number of carbonyl (C=O) groups is 1. The fourth-order valence-corrected chi connectivity index (χ4v) is 4.65. The number of hydrogen-bond acceptors (Lipinski definition) is 7. The Morgan fingerprint density at radius 3 is 2.60 bits per heavy atom. The van der Waals surface area contributed by atoms with Crippen LogP contribution in [0.25, 0.3) is 0 Å². The molecular weight excluding hydrogens is 482 g/mol. The molecule has 1 amide bonds. The van der Waals surface area contributed by atoms with Gasteiger partial charge in [0.15, 0.2) is 0 Å². The molecule has 0 radical (unpaired) electrons. The molecule has 9 heteroatoms. The van der Waals surface area contributed by atoms with Gasteiger partial charge in [-0.05, 0) is 35.4 Å². The van der Waals surface area contributed by atoms with Gasteiger partial charge in [-0.2, -0.15) is 10.2 Å². The van der Waals surface area contributed by atoms with E-state index in [4.69, 9.17) is 16.7 Å². The van der Waals surface area contributed by atoms with Crippen LogP contribution in [0.15, 0.2) is 94.4 Å². The van der Waals surface area contributed by atoms with E-state index in [-0.39, 0.29) is 17.5 Å². The number of rotatable bonds is 6. The van der Waals surface area contributed by atoms with Crippen LogP contribution in [-0.2, 0) is 0 Å². The molecule has 0 aliphatic carbocycles. The summed E-state index contributed by atoms with van der Waals surface area (Å²) in [6.45, 7) is 0. The maximum atomic E-state index is 12.6. The molecule has 1 unspecified atom stereocenters. The number of hydrogen-bond donors (Lipinski definition) is 2. The van der Waals surface area contributed by atoms with Crippen molar-refractivity contribution < 1.29 is 9.90 Å². The number of phenols is 1. The van der Waals surface area contributed by atoms with Crippen LogP contribution in [0.5, 0.6) is 5.75 Å². The molecule has 0 fully saturated rings. The highest BCUT2D eigenvalue weighted by Gasteiger charge is 2.32. The number of benzene rings is 3. The maximum absolute atomic E-state index is 12.6. The van der Waals surface area contributed by atoms with Crippen molar-refractivity contribution in [2.45, 2.75) is 12.5 Å². The Morgan fingerprint density at radius 1 is 1.09 bits per heavy atom. The fraction of sp³-hybridized carbons (Fsp3) is 0.0769. The lowest BCUT2D eigenvalue weighted by molar-refractivity contribution is 0.0951. The van der Waals surface area contributed by atoms with E-state index in [1.807, 2.05) is 59.6 Å². The summed E-state index contributed by atoms with van der Waals surface area (Å²) >= 11 is 7.44. The predicted octanol–water partition coefficient (Wildman–Crippen LogP) is 5.62. The van der Waals surface area contributed by atoms with Gasteiger partial charge in [0, 0.05) is 22.4 Å². The molecule has 1 aliphatic rings. The van der Waals surface area contributed by atoms with Gasteiger partial charge >= 0.3 is 0 Å². The van der Waals surface area contributed by atoms with Gasteiger partial charge in [-0.15, -0.1) is 11.3 Å². The molecule has 35 heavy (non-hydrogen) atoms. The molecule has 5 rings (SSSR count). The minimum atomic E-state index is -0.450. The third-order valence-corrected chi connectivity index (χ3v) is 6.58. The number of carbonyl (C=O) groups excluding carboxylic acids is 1. The number of para-hydroxylation sites is 1. The zero-order valence-electron chi connectivity index (χ0n) is 18.4. The smallest absolute Gasteiger partial charge is 0.290 e. The Kier molecular flexibility index (Phi) is 6.56. The summed E-state index contributed by atoms with van der Waals surface area (Å²) in [4.78, 5) is 17.1. The van der Waals surface area contributed by atoms with Gasteiger partial charge in [-0.25, -0.2) is 15.4 Å². The summed E-state index contributed by atoms with van der Waals surface area (Å²) in [7, 11) is 0. The largest absolute Gasteiger partial charge is 0.507 e. The number of thiazole rings is 1. The van der Waals surface area contributed by atoms with Crippen LogP contribution in [0.1, 0.15) is 39.6 Å². The SMILES string of the molecule is O=C(NN=Cc1ccccc1O)c1csc(N2N=C(c3ccccc3)CC2c2ccc(Cl)cc2)n1. The van der Waals surface area contributed by atoms with Crippen LogP contribution in [0, 0.1) is 0 Å². The summed E-state index contributed by atoms with van der Waals surface area (Å²) in [6, 6.07) is 24.3. The monoisotopic (exact) mass is 501 g/mol. The number of halogens is 1. The first-order valence-electron chi connectivity index (χ1n) is 10.8. The molecule has 1 aromatic heterocycles. The van der Waals surface area contributed by atoms with Crippen LogP contribution < -0.4 is 10.4 Å². The van der Waals surface area contributed by atoms with Crippen molar-refractivity contribution in [3.8, 4) is 5.75 Å². The average molecular weight is 502 g/mol. The number of aromatic nitrogens is 1. The van der Waals surface area contributed by atoms with E-state index in [1.165, 1.54) is 17.6 Å². The van der Waals surface area contributed by atoms with Gasteiger partial charge in [0.1, 0.15) is 11.4 Å². The van der Waals surface area contributed by atoms with Gasteiger partial charge in [0.2, 0.25) is 5.13 Å². The average Bonchev–Trinajstić information content (AvgIpc) is 3.54. The van der Waals surface area contributed by atoms with Crippen LogP contribution in [-0.4, -0.2) is 27.9 Å². The van der Waals surface area contributed by atoms with Gasteiger partial charge < -0.3 is 5.11 Å². The van der Waals surface area contributed by atoms with Crippen molar-refractivity contribution in [3.05, 3.63) is 112 Å². The normalized spacial score (nSPS) is 15.4. The van der Waals surface area contributed by atoms with Gasteiger partial charge in [-0.3, -0.25) is 4.79 Å². The molecule has 0 bridgehead atoms. The standard InChI is InChI=1S/C26H20ClN5O2S/c27-20-12-10-18(11-13-20)23-14-21(17-6-2-1-3-7-17)31-32(23)26-29-22(16-35-26)25(34)30-28-15-19-8-4-5-9-24(19)33/h1-13,15-16,23,33H,14H2,(H,30,34). The lowest BCUT2D eigenvalue weighted by Crippen LogP contribution is -2.20. The molecule has 3 aromatic carbocycles. The number of hydrazone groups is 2. The second kappa shape index (κ2) is 10.1. The molecule has 2 heterocycles. The second-order valence-corrected chi connectivity index (χ2v) is 9.08. The third-order valence-electron chi connectivity index (χ3n) is 5.50. The summed E-state index contributed by atoms with van der Waals surface area (Å²) in [5.41, 5.74) is 6.23. The maximum Gasteiger partial charge on any atom is 0.290 e. The lowest BCUT2D eigenvalue weighted by atomic mass is 9.99. The first-order valence-corrected chi connectivity index (χ1v) is 12.1. The Hall–Kier alpha value is -4.01. The fourth-order valence-electron chi connectivity index (χ4n) is 3.72. The minimum Gasteiger partial charge on any atom is -0.507 e. The zero-order chi connectivity index (χ0) is 24.2. The van der Waals surface area contributed by atoms with Gasteiger partial charge in [-0.1, -0.05) is 66.2 Å². The Bertz CT molecular complexity index is 1400. The van der Waals surface area contributed by atoms with E-state index in [0.717, 1.165) is 16.8 Å². The number of nitrogens with one attached hydrogen (secondary N) is 1. The van der Waals surface area contributed by atoms with Crippen molar-refractivity contribution in [2.75, 3.05) is 5.01 Å². The zero-order valence-corrected chi connectivity index (χ0v) is 19.9. The van der Waals surface area contributed by atoms with E-state index in [0.29, 0.717) is 22.1 Å². The van der Waals surface area contributed by atoms with E-state index in [2.05, 4.69) is 15.5 Å². The molecule has 174 valence electrons. The van der Waals surface area contributed by atoms with E-state index in [1.54, 1.807) is 29.6 Å². The summed E-state index contributed by atoms with van der Waals surface area (Å²) < 4.78 is 0. The molecule has 2 N–H and O–H groups in total. The Labute approximate surface area is 211 Å². The Balaban J connectivity index is 1.38. The molecule has 0 spiro atoms. The summed E-state index contributed by atoms with van der Waals surface area (Å²) in [5.74, 6) is -0.371. The van der Waals surface area contributed by atoms with Crippen LogP contribution in [0.4, 0.5) is 5.13 Å². The highest BCUT2D eigenvalue weighted by Crippen LogP contribution is 2.38. The van der Waals surface area contributed by atoms with E-state index >= 15 is 0 Å². The molecule has 4 aromatic rings. The molecular formula is C26H20ClN5O2S. The number of amides is 1. The molecule has 0 saturated carbocycles. The number of nitrogens with zero attached hydrogens (tertiary/aromatic N) is 4. The van der Waals surface area contributed by atoms with Crippen molar-refractivity contribution in [3.63, 3.8) is 0 Å². The number of phenolic OH excluding ortho intramolecular Hbond substituents is 1. The van der Waals surface area contributed by atoms with E-state index in [9.17, 15) is 9.90 Å². The van der Waals surface area contributed by atoms with Gasteiger partial charge in [0.25, 0.3) is 5.91 Å². The number of aromatic hydroxyl groups is 1. The predicted molar refractivity (Wildman–Crippen MR) is 140 cm³/mol. The van der Waals surface area contributed by atoms with Crippen LogP contribution in [0.2, 0.25) is 5.02 Å². The highest BCUT2D eigenvalue weighted by atomic mass is 35.5. The van der Waals surface area contributed by atoms with Crippen LogP contribution >= 0.6 is 22.9 Å². The lowest BCUT2D eigenvalue weighted by Gasteiger charge is -2.21. The van der Waals surface area contributed by atoms with E-state index < -0.39 is 5.91 Å². The second-order valence-electron chi connectivity index (χ2n) is 7.80. The first kappa shape index (κ1) is 22.8. The molecule has 1 atom stereocenters. The van der Waals surface area contributed by atoms with Crippen LogP contribution in [0.3, 0.4) is 0 Å². The van der Waals surface area contributed by atoms with Crippen molar-refractivity contribution in [1.29, 1.82) is 0 Å².